The summed E-state index contributed by atoms with van der Waals surface area (Å²) in [6, 6.07) is 12.2. The highest BCUT2D eigenvalue weighted by atomic mass is 32.1. The molecule has 0 aliphatic carbocycles. The van der Waals surface area contributed by atoms with E-state index in [2.05, 4.69) is 21.7 Å². The van der Waals surface area contributed by atoms with Crippen LogP contribution in [0, 0.1) is 0 Å². The van der Waals surface area contributed by atoms with Gasteiger partial charge in [0.2, 0.25) is 0 Å². The Kier molecular flexibility index (Phi) is 4.47. The average molecular weight is 340 g/mol. The second-order valence-electron chi connectivity index (χ2n) is 6.01. The Morgan fingerprint density at radius 1 is 1.25 bits per heavy atom. The lowest BCUT2D eigenvalue weighted by Gasteiger charge is -2.21. The van der Waals surface area contributed by atoms with E-state index in [0.717, 1.165) is 35.0 Å². The molecule has 0 bridgehead atoms. The summed E-state index contributed by atoms with van der Waals surface area (Å²) < 4.78 is 7.96. The van der Waals surface area contributed by atoms with Crippen molar-refractivity contribution in [3.63, 3.8) is 0 Å². The monoisotopic (exact) mass is 340 g/mol. The largest absolute Gasteiger partial charge is 0.392 e. The van der Waals surface area contributed by atoms with E-state index in [-0.39, 0.29) is 12.7 Å². The first kappa shape index (κ1) is 15.6. The van der Waals surface area contributed by atoms with Crippen molar-refractivity contribution < 1.29 is 9.84 Å². The van der Waals surface area contributed by atoms with Crippen LogP contribution in [0.1, 0.15) is 35.8 Å². The smallest absolute Gasteiger partial charge is 0.154 e. The molecule has 2 aromatic heterocycles. The van der Waals surface area contributed by atoms with Crippen LogP contribution in [0.25, 0.3) is 16.4 Å². The molecule has 3 heterocycles. The Hall–Kier alpha value is -1.95. The van der Waals surface area contributed by atoms with Gasteiger partial charge in [-0.15, -0.1) is 11.3 Å². The van der Waals surface area contributed by atoms with Crippen molar-refractivity contribution in [2.24, 2.45) is 0 Å². The number of hydrogen-bond donors (Lipinski definition) is 1. The van der Waals surface area contributed by atoms with E-state index in [1.807, 2.05) is 36.7 Å². The molecule has 24 heavy (non-hydrogen) atoms. The summed E-state index contributed by atoms with van der Waals surface area (Å²) in [5, 5.41) is 9.36. The van der Waals surface area contributed by atoms with Crippen molar-refractivity contribution in [3.05, 3.63) is 59.2 Å². The Balaban J connectivity index is 1.66. The molecule has 1 fully saturated rings. The highest BCUT2D eigenvalue weighted by molar-refractivity contribution is 7.15. The first-order chi connectivity index (χ1) is 11.8. The van der Waals surface area contributed by atoms with Gasteiger partial charge in [0.25, 0.3) is 0 Å². The molecule has 0 radical (unpaired) electrons. The Morgan fingerprint density at radius 3 is 3.04 bits per heavy atom. The second-order valence-corrected chi connectivity index (χ2v) is 7.12. The summed E-state index contributed by atoms with van der Waals surface area (Å²) in [4.78, 5) is 6.97. The number of aromatic nitrogens is 2. The summed E-state index contributed by atoms with van der Waals surface area (Å²) in [5.74, 6) is 0.928. The molecule has 1 aliphatic heterocycles. The van der Waals surface area contributed by atoms with E-state index >= 15 is 0 Å². The van der Waals surface area contributed by atoms with Crippen LogP contribution in [-0.2, 0) is 11.3 Å². The van der Waals surface area contributed by atoms with Crippen LogP contribution in [0.15, 0.2) is 48.8 Å². The number of benzene rings is 1. The number of aliphatic hydroxyl groups is 1. The third-order valence-electron chi connectivity index (χ3n) is 4.36. The van der Waals surface area contributed by atoms with Gasteiger partial charge in [-0.3, -0.25) is 4.57 Å². The van der Waals surface area contributed by atoms with Gasteiger partial charge >= 0.3 is 0 Å². The van der Waals surface area contributed by atoms with Gasteiger partial charge in [-0.05, 0) is 49.1 Å². The van der Waals surface area contributed by atoms with Gasteiger partial charge < -0.3 is 9.84 Å². The molecule has 4 nitrogen and oxygen atoms in total. The van der Waals surface area contributed by atoms with Crippen LogP contribution in [0.5, 0.6) is 0 Å². The van der Waals surface area contributed by atoms with Crippen molar-refractivity contribution in [2.45, 2.75) is 32.0 Å². The molecule has 1 N–H and O–H groups in total. The van der Waals surface area contributed by atoms with E-state index in [0.29, 0.717) is 0 Å². The predicted octanol–water partition coefficient (Wildman–Crippen LogP) is 4.33. The molecule has 4 rings (SSSR count). The zero-order valence-corrected chi connectivity index (χ0v) is 14.2. The Morgan fingerprint density at radius 2 is 2.21 bits per heavy atom. The minimum absolute atomic E-state index is 0.0417. The highest BCUT2D eigenvalue weighted by Gasteiger charge is 2.19. The topological polar surface area (TPSA) is 47.3 Å². The Labute approximate surface area is 145 Å². The molecule has 1 saturated heterocycles. The molecule has 124 valence electrons. The molecule has 1 aliphatic rings. The standard InChI is InChI=1S/C19H20N2O2S/c22-13-14-4-3-5-15(12-14)21-10-9-20-19(21)18-8-7-17(24-18)16-6-1-2-11-23-16/h3-5,7-10,12,16,22H,1-2,6,11,13H2/t16-/m1/s1. The number of nitrogens with zero attached hydrogens (tertiary/aromatic N) is 2. The number of ether oxygens (including phenoxy) is 1. The lowest BCUT2D eigenvalue weighted by Crippen LogP contribution is -2.09. The van der Waals surface area contributed by atoms with Gasteiger partial charge in [0.1, 0.15) is 0 Å². The summed E-state index contributed by atoms with van der Waals surface area (Å²) in [6.07, 6.45) is 7.52. The molecular weight excluding hydrogens is 320 g/mol. The lowest BCUT2D eigenvalue weighted by molar-refractivity contribution is 0.0172. The van der Waals surface area contributed by atoms with Gasteiger partial charge in [-0.2, -0.15) is 0 Å². The molecule has 3 aromatic rings. The van der Waals surface area contributed by atoms with E-state index in [1.54, 1.807) is 11.3 Å². The maximum atomic E-state index is 9.36. The lowest BCUT2D eigenvalue weighted by atomic mass is 10.1. The van der Waals surface area contributed by atoms with E-state index in [9.17, 15) is 5.11 Å². The number of aliphatic hydroxyl groups excluding tert-OH is 1. The fraction of sp³-hybridized carbons (Fsp3) is 0.316. The second kappa shape index (κ2) is 6.89. The van der Waals surface area contributed by atoms with Gasteiger partial charge in [0.15, 0.2) is 5.82 Å². The highest BCUT2D eigenvalue weighted by Crippen LogP contribution is 2.36. The average Bonchev–Trinajstić information content (AvgIpc) is 3.31. The van der Waals surface area contributed by atoms with Crippen molar-refractivity contribution in [3.8, 4) is 16.4 Å². The molecule has 0 spiro atoms. The molecule has 0 amide bonds. The van der Waals surface area contributed by atoms with E-state index in [4.69, 9.17) is 4.74 Å². The van der Waals surface area contributed by atoms with Gasteiger partial charge in [0.05, 0.1) is 17.6 Å². The number of thiophene rings is 1. The minimum Gasteiger partial charge on any atom is -0.392 e. The van der Waals surface area contributed by atoms with Crippen molar-refractivity contribution in [1.82, 2.24) is 9.55 Å². The molecular formula is C19H20N2O2S. The summed E-state index contributed by atoms with van der Waals surface area (Å²) in [6.45, 7) is 0.903. The zero-order chi connectivity index (χ0) is 16.4. The fourth-order valence-corrected chi connectivity index (χ4v) is 4.20. The Bertz CT molecular complexity index is 818. The van der Waals surface area contributed by atoms with Crippen LogP contribution in [0.3, 0.4) is 0 Å². The first-order valence-electron chi connectivity index (χ1n) is 8.30. The maximum Gasteiger partial charge on any atom is 0.154 e. The van der Waals surface area contributed by atoms with Crippen molar-refractivity contribution in [1.29, 1.82) is 0 Å². The molecule has 5 heteroatoms. The molecule has 0 unspecified atom stereocenters. The SMILES string of the molecule is OCc1cccc(-n2ccnc2-c2ccc([C@H]3CCCCO3)s2)c1. The quantitative estimate of drug-likeness (QED) is 0.769. The number of imidazole rings is 1. The van der Waals surface area contributed by atoms with Crippen LogP contribution in [0.4, 0.5) is 0 Å². The van der Waals surface area contributed by atoms with Gasteiger partial charge in [0, 0.05) is 29.6 Å². The maximum absolute atomic E-state index is 9.36. The zero-order valence-electron chi connectivity index (χ0n) is 13.4. The molecule has 1 aromatic carbocycles. The van der Waals surface area contributed by atoms with Crippen LogP contribution in [0.2, 0.25) is 0 Å². The van der Waals surface area contributed by atoms with Crippen LogP contribution in [-0.4, -0.2) is 21.3 Å². The first-order valence-corrected chi connectivity index (χ1v) is 9.12. The number of hydrogen-bond acceptors (Lipinski definition) is 4. The molecule has 0 saturated carbocycles. The summed E-state index contributed by atoms with van der Waals surface area (Å²) >= 11 is 1.76. The third-order valence-corrected chi connectivity index (χ3v) is 5.53. The fourth-order valence-electron chi connectivity index (χ4n) is 3.11. The van der Waals surface area contributed by atoms with Gasteiger partial charge in [-0.1, -0.05) is 12.1 Å². The molecule has 1 atom stereocenters. The number of rotatable bonds is 4. The third kappa shape index (κ3) is 3.02. The van der Waals surface area contributed by atoms with E-state index < -0.39 is 0 Å². The summed E-state index contributed by atoms with van der Waals surface area (Å²) in [5.41, 5.74) is 1.91. The normalized spacial score (nSPS) is 18.0. The predicted molar refractivity (Wildman–Crippen MR) is 95.3 cm³/mol. The van der Waals surface area contributed by atoms with Crippen molar-refractivity contribution in [2.75, 3.05) is 6.61 Å². The summed E-state index contributed by atoms with van der Waals surface area (Å²) in [7, 11) is 0. The minimum atomic E-state index is 0.0417. The van der Waals surface area contributed by atoms with Crippen LogP contribution < -0.4 is 0 Å². The van der Waals surface area contributed by atoms with Crippen molar-refractivity contribution >= 4 is 11.3 Å². The van der Waals surface area contributed by atoms with Crippen LogP contribution >= 0.6 is 11.3 Å². The van der Waals surface area contributed by atoms with Gasteiger partial charge in [-0.25, -0.2) is 4.98 Å². The van der Waals surface area contributed by atoms with E-state index in [1.165, 1.54) is 17.7 Å².